The number of nitrogens with zero attached hydrogens (tertiary/aromatic N) is 2. The summed E-state index contributed by atoms with van der Waals surface area (Å²) in [4.78, 5) is 30.6. The van der Waals surface area contributed by atoms with Gasteiger partial charge in [-0.25, -0.2) is 0 Å². The third kappa shape index (κ3) is 4.47. The molecule has 5 nitrogen and oxygen atoms in total. The van der Waals surface area contributed by atoms with Crippen molar-refractivity contribution in [3.63, 3.8) is 0 Å². The number of carboxylic acids is 1. The maximum Gasteiger partial charge on any atom is 0.314 e. The van der Waals surface area contributed by atoms with Gasteiger partial charge in [0.25, 0.3) is 0 Å². The Morgan fingerprint density at radius 2 is 1.57 bits per heavy atom. The van der Waals surface area contributed by atoms with E-state index in [4.69, 9.17) is 23.2 Å². The Hall–Kier alpha value is -2.08. The Kier molecular flexibility index (Phi) is 6.86. The maximum absolute atomic E-state index is 13.9. The highest BCUT2D eigenvalue weighted by atomic mass is 35.5. The normalized spacial score (nSPS) is 26.3. The number of carbonyl (C=O) groups is 2. The van der Waals surface area contributed by atoms with E-state index in [1.54, 1.807) is 18.2 Å². The number of amides is 1. The SMILES string of the molecule is O=C(N1CCCCC1)C1(c2ccccc2)CCN(C[C@@H]2C[C@@]2(C(=O)O)c2ccc(Cl)c(Cl)c2)CC1. The van der Waals surface area contributed by atoms with Crippen molar-refractivity contribution in [2.24, 2.45) is 5.92 Å². The summed E-state index contributed by atoms with van der Waals surface area (Å²) >= 11 is 12.3. The number of hydrogen-bond acceptors (Lipinski definition) is 3. The first kappa shape index (κ1) is 24.6. The van der Waals surface area contributed by atoms with E-state index in [0.717, 1.165) is 63.0 Å². The zero-order chi connectivity index (χ0) is 24.6. The van der Waals surface area contributed by atoms with Gasteiger partial charge in [0.15, 0.2) is 0 Å². The minimum atomic E-state index is -0.911. The van der Waals surface area contributed by atoms with Gasteiger partial charge in [0.2, 0.25) is 5.91 Å². The number of halogens is 2. The van der Waals surface area contributed by atoms with Gasteiger partial charge in [0.1, 0.15) is 0 Å². The van der Waals surface area contributed by atoms with Crippen LogP contribution in [-0.2, 0) is 20.4 Å². The molecule has 2 aliphatic heterocycles. The van der Waals surface area contributed by atoms with Crippen LogP contribution in [-0.4, -0.2) is 59.5 Å². The van der Waals surface area contributed by atoms with E-state index >= 15 is 0 Å². The van der Waals surface area contributed by atoms with E-state index in [1.165, 1.54) is 6.42 Å². The van der Waals surface area contributed by atoms with Crippen LogP contribution in [0.5, 0.6) is 0 Å². The van der Waals surface area contributed by atoms with Crippen LogP contribution < -0.4 is 0 Å². The number of likely N-dealkylation sites (tertiary alicyclic amines) is 2. The van der Waals surface area contributed by atoms with E-state index in [0.29, 0.717) is 23.0 Å². The third-order valence-corrected chi connectivity index (χ3v) is 9.23. The van der Waals surface area contributed by atoms with Crippen molar-refractivity contribution in [3.8, 4) is 0 Å². The molecular weight excluding hydrogens is 483 g/mol. The molecule has 2 aromatic carbocycles. The van der Waals surface area contributed by atoms with Crippen molar-refractivity contribution in [1.82, 2.24) is 9.80 Å². The first-order chi connectivity index (χ1) is 16.9. The van der Waals surface area contributed by atoms with Gasteiger partial charge in [-0.3, -0.25) is 9.59 Å². The van der Waals surface area contributed by atoms with Crippen LogP contribution in [0, 0.1) is 5.92 Å². The second-order valence-electron chi connectivity index (χ2n) is 10.4. The molecule has 0 spiro atoms. The number of carboxylic acid groups (broad SMARTS) is 1. The van der Waals surface area contributed by atoms with Crippen LogP contribution in [0.1, 0.15) is 49.7 Å². The molecule has 1 amide bonds. The summed E-state index contributed by atoms with van der Waals surface area (Å²) in [7, 11) is 0. The van der Waals surface area contributed by atoms with E-state index in [-0.39, 0.29) is 11.8 Å². The standard InChI is InChI=1S/C28H32Cl2N2O3/c29-23-10-9-21(17-24(23)30)28(26(34)35)18-22(28)19-31-15-11-27(12-16-31,20-7-3-1-4-8-20)25(33)32-13-5-2-6-14-32/h1,3-4,7-10,17,22H,2,5-6,11-16,18-19H2,(H,34,35)/t22-,28+/m0/s1. The Labute approximate surface area is 217 Å². The molecule has 5 rings (SSSR count). The average Bonchev–Trinajstić information content (AvgIpc) is 3.62. The molecule has 1 N–H and O–H groups in total. The molecule has 1 aliphatic carbocycles. The Morgan fingerprint density at radius 3 is 2.20 bits per heavy atom. The first-order valence-electron chi connectivity index (χ1n) is 12.6. The lowest BCUT2D eigenvalue weighted by atomic mass is 9.71. The topological polar surface area (TPSA) is 60.9 Å². The molecular formula is C28H32Cl2N2O3. The highest BCUT2D eigenvalue weighted by Gasteiger charge is 2.62. The van der Waals surface area contributed by atoms with Gasteiger partial charge in [-0.15, -0.1) is 0 Å². The zero-order valence-electron chi connectivity index (χ0n) is 19.9. The molecule has 2 heterocycles. The number of hydrogen-bond donors (Lipinski definition) is 1. The molecule has 1 saturated carbocycles. The fourth-order valence-corrected chi connectivity index (χ4v) is 6.57. The number of carbonyl (C=O) groups excluding carboxylic acids is 1. The van der Waals surface area contributed by atoms with E-state index in [9.17, 15) is 14.7 Å². The summed E-state index contributed by atoms with van der Waals surface area (Å²) in [6.45, 7) is 3.97. The number of benzene rings is 2. The monoisotopic (exact) mass is 514 g/mol. The van der Waals surface area contributed by atoms with Crippen molar-refractivity contribution in [1.29, 1.82) is 0 Å². The van der Waals surface area contributed by atoms with E-state index in [2.05, 4.69) is 21.9 Å². The average molecular weight is 515 g/mol. The summed E-state index contributed by atoms with van der Waals surface area (Å²) in [5, 5.41) is 10.9. The summed E-state index contributed by atoms with van der Waals surface area (Å²) in [6, 6.07) is 15.4. The molecule has 3 aliphatic rings. The van der Waals surface area contributed by atoms with Crippen LogP contribution >= 0.6 is 23.2 Å². The molecule has 0 radical (unpaired) electrons. The summed E-state index contributed by atoms with van der Waals surface area (Å²) in [5.41, 5.74) is 0.426. The van der Waals surface area contributed by atoms with E-state index < -0.39 is 16.8 Å². The van der Waals surface area contributed by atoms with Crippen molar-refractivity contribution < 1.29 is 14.7 Å². The molecule has 2 atom stereocenters. The minimum absolute atomic E-state index is 0.0132. The summed E-state index contributed by atoms with van der Waals surface area (Å²) in [5.74, 6) is -0.527. The van der Waals surface area contributed by atoms with Gasteiger partial charge >= 0.3 is 5.97 Å². The van der Waals surface area contributed by atoms with Crippen LogP contribution in [0.3, 0.4) is 0 Å². The predicted octanol–water partition coefficient (Wildman–Crippen LogP) is 5.38. The predicted molar refractivity (Wildman–Crippen MR) is 138 cm³/mol. The van der Waals surface area contributed by atoms with Crippen LogP contribution in [0.25, 0.3) is 0 Å². The summed E-state index contributed by atoms with van der Waals surface area (Å²) < 4.78 is 0. The van der Waals surface area contributed by atoms with Crippen LogP contribution in [0.2, 0.25) is 10.0 Å². The van der Waals surface area contributed by atoms with Crippen molar-refractivity contribution in [2.45, 2.75) is 49.4 Å². The molecule has 0 bridgehead atoms. The highest BCUT2D eigenvalue weighted by Crippen LogP contribution is 2.56. The largest absolute Gasteiger partial charge is 0.481 e. The lowest BCUT2D eigenvalue weighted by Crippen LogP contribution is -2.54. The van der Waals surface area contributed by atoms with Crippen molar-refractivity contribution in [2.75, 3.05) is 32.7 Å². The molecule has 7 heteroatoms. The smallest absolute Gasteiger partial charge is 0.314 e. The lowest BCUT2D eigenvalue weighted by molar-refractivity contribution is -0.140. The van der Waals surface area contributed by atoms with Crippen molar-refractivity contribution >= 4 is 35.1 Å². The van der Waals surface area contributed by atoms with Crippen LogP contribution in [0.15, 0.2) is 48.5 Å². The zero-order valence-corrected chi connectivity index (χ0v) is 21.4. The Balaban J connectivity index is 1.31. The van der Waals surface area contributed by atoms with Gasteiger partial charge in [-0.2, -0.15) is 0 Å². The first-order valence-corrected chi connectivity index (χ1v) is 13.4. The van der Waals surface area contributed by atoms with Gasteiger partial charge in [-0.1, -0.05) is 59.6 Å². The van der Waals surface area contributed by atoms with Gasteiger partial charge < -0.3 is 14.9 Å². The molecule has 3 fully saturated rings. The number of piperidine rings is 2. The maximum atomic E-state index is 13.9. The fourth-order valence-electron chi connectivity index (χ4n) is 6.27. The molecule has 186 valence electrons. The fraction of sp³-hybridized carbons (Fsp3) is 0.500. The van der Waals surface area contributed by atoms with Gasteiger partial charge in [0.05, 0.1) is 20.9 Å². The highest BCUT2D eigenvalue weighted by molar-refractivity contribution is 6.42. The molecule has 0 aromatic heterocycles. The third-order valence-electron chi connectivity index (χ3n) is 8.49. The van der Waals surface area contributed by atoms with Crippen molar-refractivity contribution in [3.05, 3.63) is 69.7 Å². The number of rotatable bonds is 6. The molecule has 2 aromatic rings. The van der Waals surface area contributed by atoms with Gasteiger partial charge in [0, 0.05) is 19.6 Å². The van der Waals surface area contributed by atoms with Gasteiger partial charge in [-0.05, 0) is 80.8 Å². The molecule has 35 heavy (non-hydrogen) atoms. The molecule has 0 unspecified atom stereocenters. The Morgan fingerprint density at radius 1 is 0.886 bits per heavy atom. The van der Waals surface area contributed by atoms with E-state index in [1.807, 2.05) is 18.2 Å². The quantitative estimate of drug-likeness (QED) is 0.561. The Bertz CT molecular complexity index is 1090. The van der Waals surface area contributed by atoms with Crippen LogP contribution in [0.4, 0.5) is 0 Å². The summed E-state index contributed by atoms with van der Waals surface area (Å²) in [6.07, 6.45) is 5.46. The second-order valence-corrected chi connectivity index (χ2v) is 11.2. The minimum Gasteiger partial charge on any atom is -0.481 e. The number of aliphatic carboxylic acids is 1. The second kappa shape index (κ2) is 9.76. The molecule has 2 saturated heterocycles. The lowest BCUT2D eigenvalue weighted by Gasteiger charge is -2.44.